The van der Waals surface area contributed by atoms with Gasteiger partial charge in [0.05, 0.1) is 12.5 Å². The fourth-order valence-corrected chi connectivity index (χ4v) is 1.54. The number of rotatable bonds is 5. The van der Waals surface area contributed by atoms with E-state index in [2.05, 4.69) is 0 Å². The molecule has 0 aromatic carbocycles. The third-order valence-electron chi connectivity index (χ3n) is 1.77. The summed E-state index contributed by atoms with van der Waals surface area (Å²) in [6, 6.07) is 1.89. The van der Waals surface area contributed by atoms with Gasteiger partial charge in [0.25, 0.3) is 0 Å². The van der Waals surface area contributed by atoms with E-state index >= 15 is 0 Å². The Kier molecular flexibility index (Phi) is 5.16. The maximum Gasteiger partial charge on any atom is 0.237 e. The van der Waals surface area contributed by atoms with Crippen molar-refractivity contribution in [2.24, 2.45) is 0 Å². The summed E-state index contributed by atoms with van der Waals surface area (Å²) in [7, 11) is -1.77. The number of hydrogen-bond acceptors (Lipinski definition) is 4. The van der Waals surface area contributed by atoms with Crippen molar-refractivity contribution in [2.75, 3.05) is 25.1 Å². The summed E-state index contributed by atoms with van der Waals surface area (Å²) in [4.78, 5) is 12.5. The van der Waals surface area contributed by atoms with Crippen molar-refractivity contribution in [2.45, 2.75) is 13.3 Å². The van der Waals surface area contributed by atoms with E-state index in [1.807, 2.05) is 6.07 Å². The molecule has 0 saturated heterocycles. The molecule has 0 aromatic heterocycles. The lowest BCUT2D eigenvalue weighted by atomic mass is 10.4. The number of carbonyl (C=O) groups excluding carboxylic acids is 1. The van der Waals surface area contributed by atoms with Gasteiger partial charge in [-0.3, -0.25) is 4.79 Å². The molecule has 0 radical (unpaired) electrons. The second-order valence-electron chi connectivity index (χ2n) is 2.90. The second kappa shape index (κ2) is 5.60. The predicted octanol–water partition coefficient (Wildman–Crippen LogP) is -0.207. The molecule has 0 spiro atoms. The summed E-state index contributed by atoms with van der Waals surface area (Å²) >= 11 is 0. The normalized spacial score (nSPS) is 10.6. The van der Waals surface area contributed by atoms with Gasteiger partial charge in [0.15, 0.2) is 9.84 Å². The molecule has 0 aliphatic heterocycles. The van der Waals surface area contributed by atoms with Gasteiger partial charge in [-0.05, 0) is 0 Å². The first-order chi connectivity index (χ1) is 6.43. The summed E-state index contributed by atoms with van der Waals surface area (Å²) in [6.45, 7) is 1.77. The Morgan fingerprint density at radius 3 is 2.50 bits per heavy atom. The zero-order valence-corrected chi connectivity index (χ0v) is 9.17. The van der Waals surface area contributed by atoms with Crippen LogP contribution in [-0.2, 0) is 14.6 Å². The molecule has 0 aliphatic carbocycles. The van der Waals surface area contributed by atoms with Crippen molar-refractivity contribution in [3.8, 4) is 6.07 Å². The number of hydrogen-bond donors (Lipinski definition) is 0. The molecular formula is C8H14N2O3S. The van der Waals surface area contributed by atoms with Gasteiger partial charge in [-0.2, -0.15) is 5.26 Å². The minimum Gasteiger partial charge on any atom is -0.344 e. The van der Waals surface area contributed by atoms with Gasteiger partial charge in [0.1, 0.15) is 5.75 Å². The maximum absolute atomic E-state index is 11.3. The standard InChI is InChI=1S/C8H14N2O3S/c1-3-14(12,13)7-8(11)10(2)6-4-5-9/h3-4,6-7H2,1-2H3. The van der Waals surface area contributed by atoms with Gasteiger partial charge < -0.3 is 4.90 Å². The summed E-state index contributed by atoms with van der Waals surface area (Å²) in [5.74, 6) is -0.960. The fraction of sp³-hybridized carbons (Fsp3) is 0.750. The molecule has 0 N–H and O–H groups in total. The Balaban J connectivity index is 4.16. The highest BCUT2D eigenvalue weighted by Crippen LogP contribution is 1.95. The lowest BCUT2D eigenvalue weighted by Crippen LogP contribution is -2.33. The molecule has 0 heterocycles. The number of carbonyl (C=O) groups is 1. The molecule has 0 unspecified atom stereocenters. The van der Waals surface area contributed by atoms with Crippen LogP contribution in [0.25, 0.3) is 0 Å². The Bertz CT molecular complexity index is 329. The molecule has 0 aromatic rings. The van der Waals surface area contributed by atoms with Crippen LogP contribution >= 0.6 is 0 Å². The third-order valence-corrected chi connectivity index (χ3v) is 3.33. The molecule has 14 heavy (non-hydrogen) atoms. The highest BCUT2D eigenvalue weighted by atomic mass is 32.2. The average molecular weight is 218 g/mol. The van der Waals surface area contributed by atoms with Crippen LogP contribution in [0.4, 0.5) is 0 Å². The molecule has 0 aliphatic rings. The highest BCUT2D eigenvalue weighted by Gasteiger charge is 2.17. The molecule has 80 valence electrons. The van der Waals surface area contributed by atoms with Gasteiger partial charge in [0.2, 0.25) is 5.91 Å². The zero-order valence-electron chi connectivity index (χ0n) is 8.36. The number of nitrogens with zero attached hydrogens (tertiary/aromatic N) is 2. The summed E-state index contributed by atoms with van der Waals surface area (Å²) in [5, 5.41) is 8.27. The Labute approximate surface area is 84.2 Å². The number of amides is 1. The van der Waals surface area contributed by atoms with Crippen LogP contribution in [0.5, 0.6) is 0 Å². The van der Waals surface area contributed by atoms with E-state index in [0.717, 1.165) is 0 Å². The second-order valence-corrected chi connectivity index (χ2v) is 5.25. The van der Waals surface area contributed by atoms with Gasteiger partial charge in [-0.25, -0.2) is 8.42 Å². The van der Waals surface area contributed by atoms with Crippen LogP contribution in [0.15, 0.2) is 0 Å². The van der Waals surface area contributed by atoms with Crippen molar-refractivity contribution in [1.29, 1.82) is 5.26 Å². The molecular weight excluding hydrogens is 204 g/mol. The quantitative estimate of drug-likeness (QED) is 0.639. The third kappa shape index (κ3) is 4.82. The van der Waals surface area contributed by atoms with Crippen LogP contribution in [0, 0.1) is 11.3 Å². The minimum absolute atomic E-state index is 0.0369. The molecule has 0 atom stereocenters. The highest BCUT2D eigenvalue weighted by molar-refractivity contribution is 7.92. The van der Waals surface area contributed by atoms with Crippen molar-refractivity contribution in [3.05, 3.63) is 0 Å². The lowest BCUT2D eigenvalue weighted by molar-refractivity contribution is -0.127. The van der Waals surface area contributed by atoms with Gasteiger partial charge in [-0.1, -0.05) is 6.92 Å². The molecule has 0 bridgehead atoms. The number of nitriles is 1. The van der Waals surface area contributed by atoms with E-state index in [1.54, 1.807) is 0 Å². The van der Waals surface area contributed by atoms with Crippen molar-refractivity contribution in [3.63, 3.8) is 0 Å². The average Bonchev–Trinajstić information content (AvgIpc) is 2.13. The van der Waals surface area contributed by atoms with Crippen LogP contribution in [0.3, 0.4) is 0 Å². The summed E-state index contributed by atoms with van der Waals surface area (Å²) in [6.07, 6.45) is 0.217. The monoisotopic (exact) mass is 218 g/mol. The lowest BCUT2D eigenvalue weighted by Gasteiger charge is -2.14. The maximum atomic E-state index is 11.3. The summed E-state index contributed by atoms with van der Waals surface area (Å²) in [5.41, 5.74) is 0. The van der Waals surface area contributed by atoms with Crippen molar-refractivity contribution < 1.29 is 13.2 Å². The first kappa shape index (κ1) is 12.9. The Morgan fingerprint density at radius 1 is 1.50 bits per heavy atom. The zero-order chi connectivity index (χ0) is 11.2. The SMILES string of the molecule is CCS(=O)(=O)CC(=O)N(C)CCC#N. The fourth-order valence-electron chi connectivity index (χ4n) is 0.743. The Hall–Kier alpha value is -1.09. The van der Waals surface area contributed by atoms with E-state index in [1.165, 1.54) is 18.9 Å². The van der Waals surface area contributed by atoms with E-state index in [0.29, 0.717) is 0 Å². The smallest absolute Gasteiger partial charge is 0.237 e. The van der Waals surface area contributed by atoms with E-state index in [-0.39, 0.29) is 18.7 Å². The van der Waals surface area contributed by atoms with Crippen LogP contribution < -0.4 is 0 Å². The molecule has 0 fully saturated rings. The van der Waals surface area contributed by atoms with E-state index < -0.39 is 21.5 Å². The van der Waals surface area contributed by atoms with E-state index in [4.69, 9.17) is 5.26 Å². The topological polar surface area (TPSA) is 78.2 Å². The van der Waals surface area contributed by atoms with Crippen molar-refractivity contribution >= 4 is 15.7 Å². The van der Waals surface area contributed by atoms with Crippen LogP contribution in [0.1, 0.15) is 13.3 Å². The Morgan fingerprint density at radius 2 is 2.07 bits per heavy atom. The van der Waals surface area contributed by atoms with Crippen molar-refractivity contribution in [1.82, 2.24) is 4.90 Å². The largest absolute Gasteiger partial charge is 0.344 e. The first-order valence-electron chi connectivity index (χ1n) is 4.24. The number of sulfone groups is 1. The van der Waals surface area contributed by atoms with Gasteiger partial charge in [0, 0.05) is 19.3 Å². The molecule has 6 heteroatoms. The van der Waals surface area contributed by atoms with Gasteiger partial charge in [-0.15, -0.1) is 0 Å². The van der Waals surface area contributed by atoms with Crippen LogP contribution in [0.2, 0.25) is 0 Å². The molecule has 1 amide bonds. The summed E-state index contributed by atoms with van der Waals surface area (Å²) < 4.78 is 22.2. The molecule has 0 rings (SSSR count). The molecule has 5 nitrogen and oxygen atoms in total. The van der Waals surface area contributed by atoms with E-state index in [9.17, 15) is 13.2 Å². The first-order valence-corrected chi connectivity index (χ1v) is 6.06. The van der Waals surface area contributed by atoms with Gasteiger partial charge >= 0.3 is 0 Å². The molecule has 0 saturated carbocycles. The minimum atomic E-state index is -3.26. The van der Waals surface area contributed by atoms with Crippen LogP contribution in [-0.4, -0.2) is 44.3 Å². The predicted molar refractivity (Wildman–Crippen MR) is 52.2 cm³/mol.